The van der Waals surface area contributed by atoms with E-state index in [0.717, 1.165) is 12.3 Å². The average molecular weight is 255 g/mol. The molecule has 1 aliphatic rings. The fraction of sp³-hybridized carbons (Fsp3) is 0.417. The summed E-state index contributed by atoms with van der Waals surface area (Å²) in [4.78, 5) is 0. The van der Waals surface area contributed by atoms with Gasteiger partial charge in [0, 0.05) is 5.02 Å². The van der Waals surface area contributed by atoms with Crippen LogP contribution in [0.1, 0.15) is 24.8 Å². The van der Waals surface area contributed by atoms with Crippen LogP contribution in [0, 0.1) is 5.92 Å². The Labute approximate surface area is 105 Å². The predicted octanol–water partition coefficient (Wildman–Crippen LogP) is 2.61. The molecular formula is C12H15ClN2O2. The Morgan fingerprint density at radius 2 is 2.29 bits per heavy atom. The second-order valence-electron chi connectivity index (χ2n) is 4.21. The molecule has 5 heteroatoms. The zero-order valence-electron chi connectivity index (χ0n) is 9.40. The van der Waals surface area contributed by atoms with Gasteiger partial charge >= 0.3 is 0 Å². The molecular weight excluding hydrogens is 240 g/mol. The summed E-state index contributed by atoms with van der Waals surface area (Å²) in [7, 11) is 0. The normalized spacial score (nSPS) is 15.9. The number of nitrogens with two attached hydrogens (primary N) is 1. The molecule has 17 heavy (non-hydrogen) atoms. The standard InChI is InChI=1S/C12H15ClN2O2/c13-9-3-4-10(12(14)15-16)11(7-9)17-6-5-8-1-2-8/h3-4,7-8,16H,1-2,5-6H2,(H2,14,15). The third kappa shape index (κ3) is 3.27. The molecule has 0 amide bonds. The van der Waals surface area contributed by atoms with Crippen LogP contribution in [0.15, 0.2) is 23.4 Å². The van der Waals surface area contributed by atoms with Gasteiger partial charge in [-0.2, -0.15) is 0 Å². The summed E-state index contributed by atoms with van der Waals surface area (Å²) >= 11 is 5.90. The smallest absolute Gasteiger partial charge is 0.173 e. The zero-order chi connectivity index (χ0) is 12.3. The number of hydrogen-bond donors (Lipinski definition) is 2. The quantitative estimate of drug-likeness (QED) is 0.367. The van der Waals surface area contributed by atoms with Crippen LogP contribution in [0.4, 0.5) is 0 Å². The number of nitrogens with zero attached hydrogens (tertiary/aromatic N) is 1. The number of hydrogen-bond acceptors (Lipinski definition) is 3. The van der Waals surface area contributed by atoms with Crippen LogP contribution in [0.3, 0.4) is 0 Å². The maximum Gasteiger partial charge on any atom is 0.173 e. The number of amidine groups is 1. The van der Waals surface area contributed by atoms with E-state index in [1.165, 1.54) is 12.8 Å². The highest BCUT2D eigenvalue weighted by Crippen LogP contribution is 2.32. The molecule has 0 saturated heterocycles. The van der Waals surface area contributed by atoms with Crippen molar-refractivity contribution >= 4 is 17.4 Å². The van der Waals surface area contributed by atoms with Crippen molar-refractivity contribution in [1.29, 1.82) is 0 Å². The SMILES string of the molecule is N/C(=N/O)c1ccc(Cl)cc1OCCC1CC1. The average Bonchev–Trinajstić information content (AvgIpc) is 3.12. The Hall–Kier alpha value is -1.42. The lowest BCUT2D eigenvalue weighted by Gasteiger charge is -2.10. The summed E-state index contributed by atoms with van der Waals surface area (Å²) in [6, 6.07) is 5.05. The van der Waals surface area contributed by atoms with Crippen LogP contribution in [-0.4, -0.2) is 17.6 Å². The van der Waals surface area contributed by atoms with E-state index in [1.807, 2.05) is 0 Å². The first-order chi connectivity index (χ1) is 8.20. The van der Waals surface area contributed by atoms with Crippen molar-refractivity contribution in [2.24, 2.45) is 16.8 Å². The van der Waals surface area contributed by atoms with Crippen molar-refractivity contribution in [3.63, 3.8) is 0 Å². The van der Waals surface area contributed by atoms with Gasteiger partial charge in [0.05, 0.1) is 12.2 Å². The summed E-state index contributed by atoms with van der Waals surface area (Å²) in [5.41, 5.74) is 6.13. The van der Waals surface area contributed by atoms with Gasteiger partial charge in [0.15, 0.2) is 5.84 Å². The fourth-order valence-electron chi connectivity index (χ4n) is 1.62. The van der Waals surface area contributed by atoms with Crippen LogP contribution < -0.4 is 10.5 Å². The maximum atomic E-state index is 8.68. The minimum atomic E-state index is 0.0306. The lowest BCUT2D eigenvalue weighted by Crippen LogP contribution is -2.15. The number of benzene rings is 1. The van der Waals surface area contributed by atoms with Gasteiger partial charge in [-0.15, -0.1) is 0 Å². The van der Waals surface area contributed by atoms with E-state index in [0.29, 0.717) is 22.9 Å². The molecule has 1 fully saturated rings. The summed E-state index contributed by atoms with van der Waals surface area (Å²) in [5, 5.41) is 12.2. The molecule has 0 radical (unpaired) electrons. The van der Waals surface area contributed by atoms with Gasteiger partial charge in [0.2, 0.25) is 0 Å². The third-order valence-corrected chi connectivity index (χ3v) is 3.04. The van der Waals surface area contributed by atoms with Crippen molar-refractivity contribution in [2.75, 3.05) is 6.61 Å². The Balaban J connectivity index is 2.08. The first kappa shape index (κ1) is 12.0. The summed E-state index contributed by atoms with van der Waals surface area (Å²) in [6.45, 7) is 0.636. The van der Waals surface area contributed by atoms with Gasteiger partial charge in [-0.1, -0.05) is 29.6 Å². The first-order valence-electron chi connectivity index (χ1n) is 5.61. The highest BCUT2D eigenvalue weighted by atomic mass is 35.5. The molecule has 4 nitrogen and oxygen atoms in total. The van der Waals surface area contributed by atoms with Crippen molar-refractivity contribution in [1.82, 2.24) is 0 Å². The van der Waals surface area contributed by atoms with Gasteiger partial charge in [-0.05, 0) is 30.5 Å². The van der Waals surface area contributed by atoms with Crippen LogP contribution in [0.25, 0.3) is 0 Å². The highest BCUT2D eigenvalue weighted by Gasteiger charge is 2.21. The maximum absolute atomic E-state index is 8.68. The summed E-state index contributed by atoms with van der Waals surface area (Å²) in [6.07, 6.45) is 3.64. The minimum Gasteiger partial charge on any atom is -0.493 e. The highest BCUT2D eigenvalue weighted by molar-refractivity contribution is 6.30. The number of halogens is 1. The van der Waals surface area contributed by atoms with Gasteiger partial charge in [-0.3, -0.25) is 0 Å². The molecule has 1 aromatic carbocycles. The van der Waals surface area contributed by atoms with E-state index in [-0.39, 0.29) is 5.84 Å². The van der Waals surface area contributed by atoms with Gasteiger partial charge in [0.25, 0.3) is 0 Å². The predicted molar refractivity (Wildman–Crippen MR) is 66.8 cm³/mol. The van der Waals surface area contributed by atoms with E-state index >= 15 is 0 Å². The summed E-state index contributed by atoms with van der Waals surface area (Å²) in [5.74, 6) is 1.40. The molecule has 0 atom stereocenters. The van der Waals surface area contributed by atoms with Gasteiger partial charge in [-0.25, -0.2) is 0 Å². The second kappa shape index (κ2) is 5.27. The molecule has 3 N–H and O–H groups in total. The van der Waals surface area contributed by atoms with Crippen molar-refractivity contribution < 1.29 is 9.94 Å². The Morgan fingerprint density at radius 1 is 1.53 bits per heavy atom. The number of oxime groups is 1. The van der Waals surface area contributed by atoms with Crippen LogP contribution in [0.5, 0.6) is 5.75 Å². The lowest BCUT2D eigenvalue weighted by atomic mass is 10.2. The van der Waals surface area contributed by atoms with E-state index in [4.69, 9.17) is 27.3 Å². The number of ether oxygens (including phenoxy) is 1. The van der Waals surface area contributed by atoms with E-state index < -0.39 is 0 Å². The van der Waals surface area contributed by atoms with Crippen LogP contribution in [-0.2, 0) is 0 Å². The van der Waals surface area contributed by atoms with E-state index in [9.17, 15) is 0 Å². The van der Waals surface area contributed by atoms with Gasteiger partial charge in [0.1, 0.15) is 5.75 Å². The molecule has 0 heterocycles. The first-order valence-corrected chi connectivity index (χ1v) is 5.98. The van der Waals surface area contributed by atoms with Crippen molar-refractivity contribution in [2.45, 2.75) is 19.3 Å². The molecule has 1 aromatic rings. The topological polar surface area (TPSA) is 67.8 Å². The van der Waals surface area contributed by atoms with E-state index in [2.05, 4.69) is 5.16 Å². The third-order valence-electron chi connectivity index (χ3n) is 2.81. The monoisotopic (exact) mass is 254 g/mol. The largest absolute Gasteiger partial charge is 0.493 e. The molecule has 0 unspecified atom stereocenters. The Bertz CT molecular complexity index is 431. The summed E-state index contributed by atoms with van der Waals surface area (Å²) < 4.78 is 5.64. The number of rotatable bonds is 5. The Kier molecular flexibility index (Phi) is 3.74. The molecule has 1 saturated carbocycles. The van der Waals surface area contributed by atoms with Crippen LogP contribution >= 0.6 is 11.6 Å². The van der Waals surface area contributed by atoms with Gasteiger partial charge < -0.3 is 15.7 Å². The minimum absolute atomic E-state index is 0.0306. The molecule has 92 valence electrons. The van der Waals surface area contributed by atoms with Crippen molar-refractivity contribution in [3.8, 4) is 5.75 Å². The molecule has 2 rings (SSSR count). The van der Waals surface area contributed by atoms with Crippen LogP contribution in [0.2, 0.25) is 5.02 Å². The van der Waals surface area contributed by atoms with Crippen molar-refractivity contribution in [3.05, 3.63) is 28.8 Å². The molecule has 0 bridgehead atoms. The fourth-order valence-corrected chi connectivity index (χ4v) is 1.79. The molecule has 0 spiro atoms. The molecule has 1 aliphatic carbocycles. The molecule has 0 aromatic heterocycles. The Morgan fingerprint density at radius 3 is 2.94 bits per heavy atom. The van der Waals surface area contributed by atoms with E-state index in [1.54, 1.807) is 18.2 Å². The molecule has 0 aliphatic heterocycles. The second-order valence-corrected chi connectivity index (χ2v) is 4.64. The lowest BCUT2D eigenvalue weighted by molar-refractivity contribution is 0.300. The zero-order valence-corrected chi connectivity index (χ0v) is 10.2.